The summed E-state index contributed by atoms with van der Waals surface area (Å²) in [5.74, 6) is -0.258. The predicted molar refractivity (Wildman–Crippen MR) is 89.1 cm³/mol. The predicted octanol–water partition coefficient (Wildman–Crippen LogP) is 2.93. The number of aromatic nitrogens is 3. The van der Waals surface area contributed by atoms with E-state index < -0.39 is 0 Å². The van der Waals surface area contributed by atoms with Crippen molar-refractivity contribution in [1.29, 1.82) is 0 Å². The Bertz CT molecular complexity index is 920. The van der Waals surface area contributed by atoms with Gasteiger partial charge in [-0.15, -0.1) is 15.0 Å². The number of carbonyl (C=O) groups is 1. The number of amides is 1. The molecule has 3 aromatic rings. The SMILES string of the molecule is C=CC(=O)N(C)c1ccc(O)c(-n2nc3ccc(Cl)cc3n2)c1. The molecule has 0 unspecified atom stereocenters. The van der Waals surface area contributed by atoms with Crippen LogP contribution in [-0.2, 0) is 4.79 Å². The highest BCUT2D eigenvalue weighted by Gasteiger charge is 2.13. The standard InChI is InChI=1S/C16H13ClN4O2/c1-3-16(23)20(2)11-5-7-15(22)14(9-11)21-18-12-6-4-10(17)8-13(12)19-21/h3-9,22H,1H2,2H3. The number of hydrogen-bond donors (Lipinski definition) is 1. The van der Waals surface area contributed by atoms with Crippen LogP contribution in [0.4, 0.5) is 5.69 Å². The third-order valence-corrected chi connectivity index (χ3v) is 3.64. The largest absolute Gasteiger partial charge is 0.506 e. The number of aromatic hydroxyl groups is 1. The molecule has 0 aliphatic rings. The van der Waals surface area contributed by atoms with Crippen LogP contribution >= 0.6 is 11.6 Å². The number of rotatable bonds is 3. The van der Waals surface area contributed by atoms with Gasteiger partial charge in [-0.25, -0.2) is 0 Å². The Labute approximate surface area is 137 Å². The number of nitrogens with zero attached hydrogens (tertiary/aromatic N) is 4. The number of carbonyl (C=O) groups excluding carboxylic acids is 1. The summed E-state index contributed by atoms with van der Waals surface area (Å²) < 4.78 is 0. The summed E-state index contributed by atoms with van der Waals surface area (Å²) in [5.41, 5.74) is 2.20. The molecule has 1 heterocycles. The van der Waals surface area contributed by atoms with Gasteiger partial charge in [0.1, 0.15) is 22.5 Å². The van der Waals surface area contributed by atoms with Crippen LogP contribution < -0.4 is 4.90 Å². The molecule has 3 rings (SSSR count). The van der Waals surface area contributed by atoms with E-state index in [0.29, 0.717) is 27.4 Å². The number of benzene rings is 2. The molecule has 6 nitrogen and oxygen atoms in total. The van der Waals surface area contributed by atoms with Gasteiger partial charge >= 0.3 is 0 Å². The van der Waals surface area contributed by atoms with Crippen LogP contribution in [0.2, 0.25) is 5.02 Å². The lowest BCUT2D eigenvalue weighted by Crippen LogP contribution is -2.23. The minimum absolute atomic E-state index is 0.000366. The Morgan fingerprint density at radius 3 is 2.74 bits per heavy atom. The van der Waals surface area contributed by atoms with Crippen molar-refractivity contribution in [1.82, 2.24) is 15.0 Å². The molecule has 0 spiro atoms. The molecular weight excluding hydrogens is 316 g/mol. The van der Waals surface area contributed by atoms with Crippen molar-refractivity contribution >= 4 is 34.2 Å². The van der Waals surface area contributed by atoms with Gasteiger partial charge in [-0.3, -0.25) is 4.79 Å². The normalized spacial score (nSPS) is 10.7. The van der Waals surface area contributed by atoms with Crippen LogP contribution in [0.1, 0.15) is 0 Å². The average Bonchev–Trinajstić information content (AvgIpc) is 2.96. The van der Waals surface area contributed by atoms with Crippen molar-refractivity contribution in [3.8, 4) is 11.4 Å². The molecule has 7 heteroatoms. The second kappa shape index (κ2) is 5.73. The topological polar surface area (TPSA) is 71.2 Å². The van der Waals surface area contributed by atoms with Gasteiger partial charge < -0.3 is 10.0 Å². The molecule has 0 saturated heterocycles. The average molecular weight is 329 g/mol. The first-order valence-corrected chi connectivity index (χ1v) is 7.13. The minimum Gasteiger partial charge on any atom is -0.506 e. The zero-order valence-corrected chi connectivity index (χ0v) is 13.0. The van der Waals surface area contributed by atoms with Gasteiger partial charge in [0.15, 0.2) is 0 Å². The molecule has 116 valence electrons. The lowest BCUT2D eigenvalue weighted by Gasteiger charge is -2.16. The summed E-state index contributed by atoms with van der Waals surface area (Å²) >= 11 is 5.94. The first-order valence-electron chi connectivity index (χ1n) is 6.75. The van der Waals surface area contributed by atoms with Crippen LogP contribution in [0.15, 0.2) is 49.1 Å². The maximum atomic E-state index is 11.7. The first-order chi connectivity index (χ1) is 11.0. The minimum atomic E-state index is -0.257. The summed E-state index contributed by atoms with van der Waals surface area (Å²) in [6.45, 7) is 3.46. The van der Waals surface area contributed by atoms with Crippen LogP contribution in [0.25, 0.3) is 16.7 Å². The van der Waals surface area contributed by atoms with Gasteiger partial charge in [-0.1, -0.05) is 18.2 Å². The summed E-state index contributed by atoms with van der Waals surface area (Å²) in [7, 11) is 1.62. The number of halogens is 1. The number of fused-ring (bicyclic) bond motifs is 1. The van der Waals surface area contributed by atoms with E-state index in [4.69, 9.17) is 11.6 Å². The lowest BCUT2D eigenvalue weighted by atomic mass is 10.2. The van der Waals surface area contributed by atoms with Crippen molar-refractivity contribution in [2.75, 3.05) is 11.9 Å². The summed E-state index contributed by atoms with van der Waals surface area (Å²) in [6, 6.07) is 9.88. The zero-order chi connectivity index (χ0) is 16.6. The highest BCUT2D eigenvalue weighted by Crippen LogP contribution is 2.27. The van der Waals surface area contributed by atoms with Crippen LogP contribution in [0, 0.1) is 0 Å². The summed E-state index contributed by atoms with van der Waals surface area (Å²) in [5, 5.41) is 19.3. The molecule has 0 aliphatic carbocycles. The van der Waals surface area contributed by atoms with Gasteiger partial charge in [0, 0.05) is 17.8 Å². The monoisotopic (exact) mass is 328 g/mol. The van der Waals surface area contributed by atoms with Crippen molar-refractivity contribution < 1.29 is 9.90 Å². The molecule has 1 N–H and O–H groups in total. The second-order valence-electron chi connectivity index (χ2n) is 4.90. The fraction of sp³-hybridized carbons (Fsp3) is 0.0625. The highest BCUT2D eigenvalue weighted by molar-refractivity contribution is 6.31. The van der Waals surface area contributed by atoms with E-state index in [1.54, 1.807) is 37.4 Å². The number of phenolic OH excluding ortho intramolecular Hbond substituents is 1. The molecule has 23 heavy (non-hydrogen) atoms. The van der Waals surface area contributed by atoms with E-state index in [0.717, 1.165) is 0 Å². The quantitative estimate of drug-likeness (QED) is 0.750. The maximum absolute atomic E-state index is 11.7. The number of phenols is 1. The van der Waals surface area contributed by atoms with E-state index >= 15 is 0 Å². The lowest BCUT2D eigenvalue weighted by molar-refractivity contribution is -0.113. The third kappa shape index (κ3) is 2.76. The molecule has 0 atom stereocenters. The van der Waals surface area contributed by atoms with Gasteiger partial charge in [0.05, 0.1) is 0 Å². The second-order valence-corrected chi connectivity index (χ2v) is 5.33. The number of likely N-dealkylation sites (N-methyl/N-ethyl adjacent to an activating group) is 1. The van der Waals surface area contributed by atoms with Crippen molar-refractivity contribution in [3.05, 3.63) is 54.1 Å². The van der Waals surface area contributed by atoms with Gasteiger partial charge in [0.2, 0.25) is 5.91 Å². The Balaban J connectivity index is 2.10. The van der Waals surface area contributed by atoms with Gasteiger partial charge in [-0.2, -0.15) is 0 Å². The smallest absolute Gasteiger partial charge is 0.250 e. The molecule has 0 saturated carbocycles. The molecule has 0 bridgehead atoms. The molecule has 1 amide bonds. The third-order valence-electron chi connectivity index (χ3n) is 3.41. The van der Waals surface area contributed by atoms with Crippen LogP contribution in [-0.4, -0.2) is 33.1 Å². The molecule has 1 aromatic heterocycles. The molecule has 0 fully saturated rings. The maximum Gasteiger partial charge on any atom is 0.250 e. The van der Waals surface area contributed by atoms with E-state index in [1.807, 2.05) is 0 Å². The fourth-order valence-corrected chi connectivity index (χ4v) is 2.31. The Morgan fingerprint density at radius 1 is 1.26 bits per heavy atom. The van der Waals surface area contributed by atoms with Crippen LogP contribution in [0.5, 0.6) is 5.75 Å². The van der Waals surface area contributed by atoms with Gasteiger partial charge in [-0.05, 0) is 42.5 Å². The Kier molecular flexibility index (Phi) is 3.75. The summed E-state index contributed by atoms with van der Waals surface area (Å²) in [4.78, 5) is 14.4. The fourth-order valence-electron chi connectivity index (χ4n) is 2.14. The molecule has 0 radical (unpaired) electrons. The summed E-state index contributed by atoms with van der Waals surface area (Å²) in [6.07, 6.45) is 1.22. The molecule has 0 aliphatic heterocycles. The van der Waals surface area contributed by atoms with Crippen molar-refractivity contribution in [2.24, 2.45) is 0 Å². The Hall–Kier alpha value is -2.86. The zero-order valence-electron chi connectivity index (χ0n) is 12.3. The Morgan fingerprint density at radius 2 is 2.00 bits per heavy atom. The number of anilines is 1. The molecular formula is C16H13ClN4O2. The van der Waals surface area contributed by atoms with E-state index in [-0.39, 0.29) is 11.7 Å². The van der Waals surface area contributed by atoms with Gasteiger partial charge in [0.25, 0.3) is 0 Å². The first kappa shape index (κ1) is 15.1. The van der Waals surface area contributed by atoms with E-state index in [9.17, 15) is 9.90 Å². The molecule has 2 aromatic carbocycles. The highest BCUT2D eigenvalue weighted by atomic mass is 35.5. The van der Waals surface area contributed by atoms with Crippen LogP contribution in [0.3, 0.4) is 0 Å². The van der Waals surface area contributed by atoms with E-state index in [2.05, 4.69) is 16.8 Å². The van der Waals surface area contributed by atoms with E-state index in [1.165, 1.54) is 21.8 Å². The van der Waals surface area contributed by atoms with Crippen molar-refractivity contribution in [2.45, 2.75) is 0 Å². The van der Waals surface area contributed by atoms with Crippen molar-refractivity contribution in [3.63, 3.8) is 0 Å². The number of hydrogen-bond acceptors (Lipinski definition) is 4.